The minimum Gasteiger partial charge on any atom is -0.444 e. The monoisotopic (exact) mass is 328 g/mol. The van der Waals surface area contributed by atoms with E-state index in [-0.39, 0.29) is 6.09 Å². The molecule has 1 amide bonds. The molecule has 0 aromatic heterocycles. The molecule has 0 aromatic rings. The summed E-state index contributed by atoms with van der Waals surface area (Å²) in [6, 6.07) is 0.934. The van der Waals surface area contributed by atoms with Gasteiger partial charge in [0.1, 0.15) is 5.60 Å². The van der Waals surface area contributed by atoms with Gasteiger partial charge in [-0.1, -0.05) is 13.8 Å². The highest BCUT2D eigenvalue weighted by Gasteiger charge is 2.31. The summed E-state index contributed by atoms with van der Waals surface area (Å²) < 4.78 is 10.6. The van der Waals surface area contributed by atoms with Crippen LogP contribution in [0.5, 0.6) is 0 Å². The summed E-state index contributed by atoms with van der Waals surface area (Å²) in [5.74, 6) is 0. The van der Waals surface area contributed by atoms with E-state index < -0.39 is 5.60 Å². The van der Waals surface area contributed by atoms with Crippen molar-refractivity contribution in [1.82, 2.24) is 10.6 Å². The van der Waals surface area contributed by atoms with Crippen molar-refractivity contribution in [2.24, 2.45) is 5.41 Å². The lowest BCUT2D eigenvalue weighted by Crippen LogP contribution is -2.41. The molecule has 136 valence electrons. The SMILES string of the molecule is COCC(CCCNC(=O)OC(C)(C)C)NC1CCC(C)(C)C1. The molecule has 0 bridgehead atoms. The Labute approximate surface area is 141 Å². The summed E-state index contributed by atoms with van der Waals surface area (Å²) in [5, 5.41) is 6.54. The Bertz CT molecular complexity index is 364. The van der Waals surface area contributed by atoms with Crippen LogP contribution in [0.2, 0.25) is 0 Å². The summed E-state index contributed by atoms with van der Waals surface area (Å²) >= 11 is 0. The standard InChI is InChI=1S/C18H36N2O3/c1-17(2,3)23-16(21)19-11-7-8-15(13-22-6)20-14-9-10-18(4,5)12-14/h14-15,20H,7-13H2,1-6H3,(H,19,21). The van der Waals surface area contributed by atoms with Crippen molar-refractivity contribution in [1.29, 1.82) is 0 Å². The number of hydrogen-bond acceptors (Lipinski definition) is 4. The molecule has 0 spiro atoms. The van der Waals surface area contributed by atoms with Gasteiger partial charge in [-0.25, -0.2) is 4.79 Å². The van der Waals surface area contributed by atoms with Crippen molar-refractivity contribution in [2.75, 3.05) is 20.3 Å². The summed E-state index contributed by atoms with van der Waals surface area (Å²) in [5.41, 5.74) is 0.00700. The number of carbonyl (C=O) groups excluding carboxylic acids is 1. The molecule has 0 heterocycles. The minimum atomic E-state index is -0.445. The van der Waals surface area contributed by atoms with Crippen molar-refractivity contribution in [3.63, 3.8) is 0 Å². The molecular formula is C18H36N2O3. The van der Waals surface area contributed by atoms with E-state index in [0.717, 1.165) is 12.8 Å². The van der Waals surface area contributed by atoms with E-state index >= 15 is 0 Å². The zero-order valence-electron chi connectivity index (χ0n) is 15.8. The van der Waals surface area contributed by atoms with Gasteiger partial charge in [0.2, 0.25) is 0 Å². The van der Waals surface area contributed by atoms with E-state index in [1.807, 2.05) is 20.8 Å². The van der Waals surface area contributed by atoms with Gasteiger partial charge in [-0.05, 0) is 58.3 Å². The first-order valence-electron chi connectivity index (χ1n) is 8.83. The lowest BCUT2D eigenvalue weighted by Gasteiger charge is -2.24. The molecule has 0 aliphatic heterocycles. The predicted molar refractivity (Wildman–Crippen MR) is 93.7 cm³/mol. The van der Waals surface area contributed by atoms with Gasteiger partial charge in [0, 0.05) is 25.7 Å². The van der Waals surface area contributed by atoms with Gasteiger partial charge in [0.15, 0.2) is 0 Å². The Balaban J connectivity index is 2.24. The molecule has 1 fully saturated rings. The molecule has 2 atom stereocenters. The van der Waals surface area contributed by atoms with E-state index in [9.17, 15) is 4.79 Å². The molecule has 1 aliphatic rings. The average Bonchev–Trinajstić information content (AvgIpc) is 2.72. The fourth-order valence-corrected chi connectivity index (χ4v) is 3.18. The highest BCUT2D eigenvalue weighted by molar-refractivity contribution is 5.67. The van der Waals surface area contributed by atoms with Crippen LogP contribution >= 0.6 is 0 Å². The van der Waals surface area contributed by atoms with Crippen molar-refractivity contribution in [3.05, 3.63) is 0 Å². The molecule has 23 heavy (non-hydrogen) atoms. The zero-order valence-corrected chi connectivity index (χ0v) is 15.8. The third kappa shape index (κ3) is 9.16. The van der Waals surface area contributed by atoms with Crippen LogP contribution in [-0.2, 0) is 9.47 Å². The largest absolute Gasteiger partial charge is 0.444 e. The fourth-order valence-electron chi connectivity index (χ4n) is 3.18. The van der Waals surface area contributed by atoms with Crippen LogP contribution in [0.1, 0.15) is 66.7 Å². The molecular weight excluding hydrogens is 292 g/mol. The van der Waals surface area contributed by atoms with Crippen LogP contribution < -0.4 is 10.6 Å². The highest BCUT2D eigenvalue weighted by atomic mass is 16.6. The van der Waals surface area contributed by atoms with Crippen LogP contribution in [0.25, 0.3) is 0 Å². The summed E-state index contributed by atoms with van der Waals surface area (Å²) in [6.07, 6.45) is 5.31. The topological polar surface area (TPSA) is 59.6 Å². The summed E-state index contributed by atoms with van der Waals surface area (Å²) in [7, 11) is 1.74. The predicted octanol–water partition coefficient (Wildman–Crippen LogP) is 3.47. The van der Waals surface area contributed by atoms with Crippen molar-refractivity contribution in [3.8, 4) is 0 Å². The second-order valence-electron chi connectivity index (χ2n) is 8.49. The van der Waals surface area contributed by atoms with Crippen LogP contribution in [0.3, 0.4) is 0 Å². The van der Waals surface area contributed by atoms with Gasteiger partial charge in [0.25, 0.3) is 0 Å². The molecule has 1 saturated carbocycles. The Morgan fingerprint density at radius 1 is 1.35 bits per heavy atom. The second-order valence-corrected chi connectivity index (χ2v) is 8.49. The molecule has 5 heteroatoms. The number of methoxy groups -OCH3 is 1. The van der Waals surface area contributed by atoms with Gasteiger partial charge in [-0.2, -0.15) is 0 Å². The smallest absolute Gasteiger partial charge is 0.407 e. The van der Waals surface area contributed by atoms with Crippen molar-refractivity contribution >= 4 is 6.09 Å². The number of nitrogens with one attached hydrogen (secondary N) is 2. The van der Waals surface area contributed by atoms with Gasteiger partial charge in [-0.15, -0.1) is 0 Å². The van der Waals surface area contributed by atoms with E-state index in [0.29, 0.717) is 30.7 Å². The Kier molecular flexibility index (Phi) is 7.81. The first-order chi connectivity index (χ1) is 10.6. The molecule has 0 saturated heterocycles. The Morgan fingerprint density at radius 3 is 2.57 bits per heavy atom. The quantitative estimate of drug-likeness (QED) is 0.670. The molecule has 0 radical (unpaired) electrons. The van der Waals surface area contributed by atoms with E-state index in [2.05, 4.69) is 24.5 Å². The molecule has 2 N–H and O–H groups in total. The molecule has 0 aromatic carbocycles. The van der Waals surface area contributed by atoms with Crippen LogP contribution in [0, 0.1) is 5.41 Å². The van der Waals surface area contributed by atoms with E-state index in [4.69, 9.17) is 9.47 Å². The first-order valence-corrected chi connectivity index (χ1v) is 8.83. The van der Waals surface area contributed by atoms with E-state index in [1.165, 1.54) is 19.3 Å². The van der Waals surface area contributed by atoms with Crippen molar-refractivity contribution in [2.45, 2.75) is 84.4 Å². The summed E-state index contributed by atoms with van der Waals surface area (Å²) in [6.45, 7) is 11.6. The van der Waals surface area contributed by atoms with Gasteiger partial charge >= 0.3 is 6.09 Å². The maximum absolute atomic E-state index is 11.6. The normalized spacial score (nSPS) is 21.9. The highest BCUT2D eigenvalue weighted by Crippen LogP contribution is 2.37. The molecule has 1 rings (SSSR count). The van der Waals surface area contributed by atoms with Crippen LogP contribution in [-0.4, -0.2) is 44.0 Å². The second kappa shape index (κ2) is 8.88. The van der Waals surface area contributed by atoms with Crippen molar-refractivity contribution < 1.29 is 14.3 Å². The van der Waals surface area contributed by atoms with Gasteiger partial charge in [0.05, 0.1) is 6.61 Å². The maximum Gasteiger partial charge on any atom is 0.407 e. The maximum atomic E-state index is 11.6. The number of carbonyl (C=O) groups is 1. The lowest BCUT2D eigenvalue weighted by molar-refractivity contribution is 0.0526. The van der Waals surface area contributed by atoms with Crippen LogP contribution in [0.15, 0.2) is 0 Å². The third-order valence-corrected chi connectivity index (χ3v) is 4.21. The lowest BCUT2D eigenvalue weighted by atomic mass is 9.91. The Hall–Kier alpha value is -0.810. The Morgan fingerprint density at radius 2 is 2.04 bits per heavy atom. The number of ether oxygens (including phenoxy) is 2. The average molecular weight is 328 g/mol. The molecule has 2 unspecified atom stereocenters. The van der Waals surface area contributed by atoms with Crippen LogP contribution in [0.4, 0.5) is 4.79 Å². The number of hydrogen-bond donors (Lipinski definition) is 2. The molecule has 5 nitrogen and oxygen atoms in total. The van der Waals surface area contributed by atoms with Gasteiger partial charge < -0.3 is 20.1 Å². The number of amides is 1. The fraction of sp³-hybridized carbons (Fsp3) is 0.944. The van der Waals surface area contributed by atoms with Gasteiger partial charge in [-0.3, -0.25) is 0 Å². The first kappa shape index (κ1) is 20.2. The summed E-state index contributed by atoms with van der Waals surface area (Å²) in [4.78, 5) is 11.6. The third-order valence-electron chi connectivity index (χ3n) is 4.21. The van der Waals surface area contributed by atoms with E-state index in [1.54, 1.807) is 7.11 Å². The minimum absolute atomic E-state index is 0.341. The molecule has 1 aliphatic carbocycles. The number of alkyl carbamates (subject to hydrolysis) is 1. The number of rotatable bonds is 8. The zero-order chi connectivity index (χ0) is 17.5.